The number of rotatable bonds is 4. The summed E-state index contributed by atoms with van der Waals surface area (Å²) in [7, 11) is 0. The van der Waals surface area contributed by atoms with Gasteiger partial charge in [-0.1, -0.05) is 6.07 Å². The minimum Gasteiger partial charge on any atom is -0.336 e. The molecule has 1 N–H and O–H groups in total. The number of nitrogens with one attached hydrogen (secondary N) is 1. The summed E-state index contributed by atoms with van der Waals surface area (Å²) in [5, 5.41) is 13.5. The fraction of sp³-hybridized carbons (Fsp3) is 0.250. The predicted molar refractivity (Wildman–Crippen MR) is 87.9 cm³/mol. The number of nitrogens with zero attached hydrogens (tertiary/aromatic N) is 4. The second-order valence-electron chi connectivity index (χ2n) is 5.74. The maximum absolute atomic E-state index is 12.3. The average Bonchev–Trinajstić information content (AvgIpc) is 2.56. The predicted octanol–water partition coefficient (Wildman–Crippen LogP) is 1.40. The van der Waals surface area contributed by atoms with Crippen LogP contribution in [-0.4, -0.2) is 44.7 Å². The standard InChI is InChI=1S/C16H15N5O4/c1-10-2-3-12(21(24)25)6-13(10)19-15(22)11-8-20(9-11)16(23)14-7-17-4-5-18-14/h2-7,11H,8-9H2,1H3,(H,19,22). The lowest BCUT2D eigenvalue weighted by Gasteiger charge is -2.37. The lowest BCUT2D eigenvalue weighted by atomic mass is 9.98. The number of hydrogen-bond acceptors (Lipinski definition) is 6. The van der Waals surface area contributed by atoms with Crippen LogP contribution in [0.3, 0.4) is 0 Å². The summed E-state index contributed by atoms with van der Waals surface area (Å²) in [6.45, 7) is 2.30. The molecule has 128 valence electrons. The minimum absolute atomic E-state index is 0.0889. The number of likely N-dealkylation sites (tertiary alicyclic amines) is 1. The van der Waals surface area contributed by atoms with Crippen LogP contribution in [0.25, 0.3) is 0 Å². The van der Waals surface area contributed by atoms with Crippen LogP contribution in [0.1, 0.15) is 16.1 Å². The highest BCUT2D eigenvalue weighted by Gasteiger charge is 2.36. The molecule has 1 aliphatic rings. The van der Waals surface area contributed by atoms with Gasteiger partial charge in [0, 0.05) is 37.6 Å². The Bertz CT molecular complexity index is 834. The van der Waals surface area contributed by atoms with Crippen molar-refractivity contribution in [2.24, 2.45) is 5.92 Å². The molecule has 3 rings (SSSR count). The first-order chi connectivity index (χ1) is 12.0. The van der Waals surface area contributed by atoms with Crippen molar-refractivity contribution in [3.63, 3.8) is 0 Å². The van der Waals surface area contributed by atoms with Crippen LogP contribution in [0.4, 0.5) is 11.4 Å². The van der Waals surface area contributed by atoms with E-state index in [2.05, 4.69) is 15.3 Å². The van der Waals surface area contributed by atoms with Crippen LogP contribution < -0.4 is 5.32 Å². The molecule has 1 aliphatic heterocycles. The van der Waals surface area contributed by atoms with Crippen LogP contribution >= 0.6 is 0 Å². The molecule has 2 amide bonds. The molecule has 0 bridgehead atoms. The zero-order chi connectivity index (χ0) is 18.0. The fourth-order valence-electron chi connectivity index (χ4n) is 2.47. The van der Waals surface area contributed by atoms with Crippen molar-refractivity contribution in [3.05, 3.63) is 58.2 Å². The Hall–Kier alpha value is -3.36. The van der Waals surface area contributed by atoms with Gasteiger partial charge in [0.05, 0.1) is 22.7 Å². The van der Waals surface area contributed by atoms with Gasteiger partial charge in [0.15, 0.2) is 0 Å². The molecule has 1 aromatic carbocycles. The highest BCUT2D eigenvalue weighted by molar-refractivity contribution is 5.98. The van der Waals surface area contributed by atoms with E-state index < -0.39 is 4.92 Å². The van der Waals surface area contributed by atoms with Gasteiger partial charge in [-0.3, -0.25) is 24.7 Å². The first kappa shape index (κ1) is 16.5. The highest BCUT2D eigenvalue weighted by atomic mass is 16.6. The number of amides is 2. The van der Waals surface area contributed by atoms with Crippen molar-refractivity contribution in [2.45, 2.75) is 6.92 Å². The van der Waals surface area contributed by atoms with E-state index in [1.807, 2.05) is 0 Å². The summed E-state index contributed by atoms with van der Waals surface area (Å²) in [6.07, 6.45) is 4.29. The maximum Gasteiger partial charge on any atom is 0.274 e. The molecular weight excluding hydrogens is 326 g/mol. The fourth-order valence-corrected chi connectivity index (χ4v) is 2.47. The number of nitro groups is 1. The topological polar surface area (TPSA) is 118 Å². The van der Waals surface area contributed by atoms with Crippen molar-refractivity contribution < 1.29 is 14.5 Å². The lowest BCUT2D eigenvalue weighted by Crippen LogP contribution is -2.54. The molecular formula is C16H15N5O4. The van der Waals surface area contributed by atoms with Crippen molar-refractivity contribution in [3.8, 4) is 0 Å². The molecule has 9 heteroatoms. The van der Waals surface area contributed by atoms with E-state index in [1.165, 1.54) is 35.6 Å². The normalized spacial score (nSPS) is 13.9. The zero-order valence-corrected chi connectivity index (χ0v) is 13.4. The number of non-ortho nitro benzene ring substituents is 1. The van der Waals surface area contributed by atoms with E-state index in [0.717, 1.165) is 5.56 Å². The monoisotopic (exact) mass is 341 g/mol. The quantitative estimate of drug-likeness (QED) is 0.663. The van der Waals surface area contributed by atoms with Crippen LogP contribution in [-0.2, 0) is 4.79 Å². The van der Waals surface area contributed by atoms with Crippen LogP contribution in [0.15, 0.2) is 36.8 Å². The van der Waals surface area contributed by atoms with Gasteiger partial charge in [0.25, 0.3) is 11.6 Å². The van der Waals surface area contributed by atoms with Gasteiger partial charge in [-0.05, 0) is 12.5 Å². The summed E-state index contributed by atoms with van der Waals surface area (Å²) in [4.78, 5) is 44.0. The third-order valence-electron chi connectivity index (χ3n) is 4.01. The van der Waals surface area contributed by atoms with Gasteiger partial charge >= 0.3 is 0 Å². The van der Waals surface area contributed by atoms with Crippen LogP contribution in [0.2, 0.25) is 0 Å². The summed E-state index contributed by atoms with van der Waals surface area (Å²) < 4.78 is 0. The van der Waals surface area contributed by atoms with Gasteiger partial charge in [0.1, 0.15) is 5.69 Å². The third kappa shape index (κ3) is 3.44. The number of carbonyl (C=O) groups excluding carboxylic acids is 2. The molecule has 0 aliphatic carbocycles. The number of hydrogen-bond donors (Lipinski definition) is 1. The number of carbonyl (C=O) groups is 2. The third-order valence-corrected chi connectivity index (χ3v) is 4.01. The first-order valence-electron chi connectivity index (χ1n) is 7.57. The molecule has 1 aromatic heterocycles. The smallest absolute Gasteiger partial charge is 0.274 e. The van der Waals surface area contributed by atoms with Crippen molar-refractivity contribution in [1.29, 1.82) is 0 Å². The highest BCUT2D eigenvalue weighted by Crippen LogP contribution is 2.24. The summed E-state index contributed by atoms with van der Waals surface area (Å²) in [6, 6.07) is 4.29. The van der Waals surface area contributed by atoms with Crippen molar-refractivity contribution >= 4 is 23.2 Å². The Kier molecular flexibility index (Phi) is 4.38. The molecule has 0 unspecified atom stereocenters. The molecule has 25 heavy (non-hydrogen) atoms. The van der Waals surface area contributed by atoms with Gasteiger partial charge in [-0.2, -0.15) is 0 Å². The number of aryl methyl sites for hydroxylation is 1. The molecule has 0 saturated carbocycles. The van der Waals surface area contributed by atoms with E-state index in [1.54, 1.807) is 13.0 Å². The molecule has 9 nitrogen and oxygen atoms in total. The van der Waals surface area contributed by atoms with E-state index in [-0.39, 0.29) is 42.2 Å². The van der Waals surface area contributed by atoms with Crippen LogP contribution in [0, 0.1) is 23.0 Å². The van der Waals surface area contributed by atoms with E-state index >= 15 is 0 Å². The lowest BCUT2D eigenvalue weighted by molar-refractivity contribution is -0.384. The van der Waals surface area contributed by atoms with Crippen molar-refractivity contribution in [2.75, 3.05) is 18.4 Å². The van der Waals surface area contributed by atoms with Gasteiger partial charge in [0.2, 0.25) is 5.91 Å². The average molecular weight is 341 g/mol. The van der Waals surface area contributed by atoms with Crippen molar-refractivity contribution in [1.82, 2.24) is 14.9 Å². The summed E-state index contributed by atoms with van der Waals surface area (Å²) in [5.74, 6) is -0.908. The molecule has 1 fully saturated rings. The Morgan fingerprint density at radius 1 is 1.32 bits per heavy atom. The number of aromatic nitrogens is 2. The van der Waals surface area contributed by atoms with E-state index in [0.29, 0.717) is 5.69 Å². The Balaban J connectivity index is 1.60. The van der Waals surface area contributed by atoms with Crippen LogP contribution in [0.5, 0.6) is 0 Å². The number of benzene rings is 1. The first-order valence-corrected chi connectivity index (χ1v) is 7.57. The summed E-state index contributed by atoms with van der Waals surface area (Å²) in [5.41, 5.74) is 1.27. The minimum atomic E-state index is -0.514. The van der Waals surface area contributed by atoms with Gasteiger partial charge in [-0.25, -0.2) is 4.98 Å². The van der Waals surface area contributed by atoms with E-state index in [4.69, 9.17) is 0 Å². The number of nitro benzene ring substituents is 1. The molecule has 1 saturated heterocycles. The van der Waals surface area contributed by atoms with Gasteiger partial charge < -0.3 is 10.2 Å². The molecule has 2 heterocycles. The summed E-state index contributed by atoms with van der Waals surface area (Å²) >= 11 is 0. The maximum atomic E-state index is 12.3. The molecule has 0 atom stereocenters. The molecule has 2 aromatic rings. The zero-order valence-electron chi connectivity index (χ0n) is 13.4. The van der Waals surface area contributed by atoms with E-state index in [9.17, 15) is 19.7 Å². The SMILES string of the molecule is Cc1ccc([N+](=O)[O-])cc1NC(=O)C1CN(C(=O)c2cnccn2)C1. The Labute approximate surface area is 142 Å². The number of anilines is 1. The van der Waals surface area contributed by atoms with Gasteiger partial charge in [-0.15, -0.1) is 0 Å². The second kappa shape index (κ2) is 6.63. The molecule has 0 spiro atoms. The Morgan fingerprint density at radius 2 is 2.08 bits per heavy atom. The Morgan fingerprint density at radius 3 is 2.72 bits per heavy atom. The molecule has 0 radical (unpaired) electrons. The second-order valence-corrected chi connectivity index (χ2v) is 5.74. The largest absolute Gasteiger partial charge is 0.336 e.